The number of piperazine rings is 1. The average Bonchev–Trinajstić information content (AvgIpc) is 2.51. The van der Waals surface area contributed by atoms with E-state index < -0.39 is 0 Å². The summed E-state index contributed by atoms with van der Waals surface area (Å²) in [7, 11) is 0. The summed E-state index contributed by atoms with van der Waals surface area (Å²) in [5.41, 5.74) is 13.3. The maximum absolute atomic E-state index is 5.77. The van der Waals surface area contributed by atoms with Crippen LogP contribution in [0.3, 0.4) is 0 Å². The Hall–Kier alpha value is -2.43. The summed E-state index contributed by atoms with van der Waals surface area (Å²) in [4.78, 5) is 8.99. The molecule has 2 heterocycles. The van der Waals surface area contributed by atoms with E-state index in [-0.39, 0.29) is 0 Å². The van der Waals surface area contributed by atoms with Crippen LogP contribution in [-0.2, 0) is 0 Å². The standard InChI is InChI=1S/C15H19N5/c16-13-6-7-14(18-15(13)17)20-10-8-19(9-11-20)12-4-2-1-3-5-12/h1-7H,8-11,16H2,(H2,17,18). The molecule has 1 saturated heterocycles. The van der Waals surface area contributed by atoms with Crippen LogP contribution in [0.5, 0.6) is 0 Å². The van der Waals surface area contributed by atoms with Gasteiger partial charge in [-0.25, -0.2) is 4.98 Å². The largest absolute Gasteiger partial charge is 0.396 e. The summed E-state index contributed by atoms with van der Waals surface area (Å²) in [6.45, 7) is 3.84. The minimum Gasteiger partial charge on any atom is -0.396 e. The van der Waals surface area contributed by atoms with Gasteiger partial charge in [-0.05, 0) is 24.3 Å². The molecule has 0 saturated carbocycles. The van der Waals surface area contributed by atoms with Crippen molar-refractivity contribution in [2.45, 2.75) is 0 Å². The van der Waals surface area contributed by atoms with E-state index in [0.29, 0.717) is 11.5 Å². The molecule has 0 atom stereocenters. The number of aromatic nitrogens is 1. The minimum atomic E-state index is 0.410. The van der Waals surface area contributed by atoms with Crippen LogP contribution >= 0.6 is 0 Å². The first-order valence-corrected chi connectivity index (χ1v) is 6.81. The third kappa shape index (κ3) is 2.47. The number of pyridine rings is 1. The predicted octanol–water partition coefficient (Wildman–Crippen LogP) is 1.57. The highest BCUT2D eigenvalue weighted by Gasteiger charge is 2.18. The van der Waals surface area contributed by atoms with E-state index in [1.807, 2.05) is 18.2 Å². The van der Waals surface area contributed by atoms with Gasteiger partial charge in [-0.15, -0.1) is 0 Å². The lowest BCUT2D eigenvalue weighted by atomic mass is 10.2. The van der Waals surface area contributed by atoms with E-state index >= 15 is 0 Å². The number of nitrogens with zero attached hydrogens (tertiary/aromatic N) is 3. The average molecular weight is 269 g/mol. The lowest BCUT2D eigenvalue weighted by Gasteiger charge is -2.36. The molecular formula is C15H19N5. The maximum Gasteiger partial charge on any atom is 0.149 e. The van der Waals surface area contributed by atoms with Gasteiger partial charge in [-0.1, -0.05) is 18.2 Å². The number of nitrogens with two attached hydrogens (primary N) is 2. The Labute approximate surface area is 118 Å². The number of nitrogen functional groups attached to an aromatic ring is 2. The van der Waals surface area contributed by atoms with Crippen LogP contribution in [-0.4, -0.2) is 31.2 Å². The molecule has 1 aromatic carbocycles. The fourth-order valence-electron chi connectivity index (χ4n) is 2.48. The van der Waals surface area contributed by atoms with Crippen molar-refractivity contribution in [3.05, 3.63) is 42.5 Å². The summed E-state index contributed by atoms with van der Waals surface area (Å²) in [5, 5.41) is 0. The summed E-state index contributed by atoms with van der Waals surface area (Å²) in [6.07, 6.45) is 0. The van der Waals surface area contributed by atoms with Crippen LogP contribution in [0.2, 0.25) is 0 Å². The highest BCUT2D eigenvalue weighted by atomic mass is 15.3. The molecule has 1 fully saturated rings. The molecule has 0 unspecified atom stereocenters. The third-order valence-electron chi connectivity index (χ3n) is 3.67. The fraction of sp³-hybridized carbons (Fsp3) is 0.267. The summed E-state index contributed by atoms with van der Waals surface area (Å²) in [6, 6.07) is 14.2. The van der Waals surface area contributed by atoms with Gasteiger partial charge in [0.15, 0.2) is 0 Å². The highest BCUT2D eigenvalue weighted by Crippen LogP contribution is 2.21. The Morgan fingerprint density at radius 1 is 0.800 bits per heavy atom. The lowest BCUT2D eigenvalue weighted by Crippen LogP contribution is -2.46. The Morgan fingerprint density at radius 3 is 2.10 bits per heavy atom. The number of rotatable bonds is 2. The summed E-state index contributed by atoms with van der Waals surface area (Å²) in [5.74, 6) is 1.32. The molecule has 20 heavy (non-hydrogen) atoms. The topological polar surface area (TPSA) is 71.4 Å². The predicted molar refractivity (Wildman–Crippen MR) is 83.9 cm³/mol. The van der Waals surface area contributed by atoms with E-state index in [4.69, 9.17) is 11.5 Å². The zero-order valence-electron chi connectivity index (χ0n) is 11.4. The second kappa shape index (κ2) is 5.28. The molecule has 1 aliphatic heterocycles. The van der Waals surface area contributed by atoms with Crippen LogP contribution in [0, 0.1) is 0 Å². The lowest BCUT2D eigenvalue weighted by molar-refractivity contribution is 0.648. The van der Waals surface area contributed by atoms with Crippen molar-refractivity contribution < 1.29 is 0 Å². The van der Waals surface area contributed by atoms with Crippen molar-refractivity contribution in [2.75, 3.05) is 47.4 Å². The van der Waals surface area contributed by atoms with Gasteiger partial charge >= 0.3 is 0 Å². The van der Waals surface area contributed by atoms with Crippen LogP contribution in [0.1, 0.15) is 0 Å². The van der Waals surface area contributed by atoms with E-state index in [1.165, 1.54) is 5.69 Å². The molecule has 2 aromatic rings. The molecule has 5 nitrogen and oxygen atoms in total. The molecule has 0 bridgehead atoms. The molecule has 0 aliphatic carbocycles. The van der Waals surface area contributed by atoms with Gasteiger partial charge in [0.25, 0.3) is 0 Å². The van der Waals surface area contributed by atoms with Crippen molar-refractivity contribution >= 4 is 23.0 Å². The zero-order chi connectivity index (χ0) is 13.9. The van der Waals surface area contributed by atoms with Crippen molar-refractivity contribution in [1.29, 1.82) is 0 Å². The van der Waals surface area contributed by atoms with Crippen LogP contribution in [0.25, 0.3) is 0 Å². The first-order chi connectivity index (χ1) is 9.74. The monoisotopic (exact) mass is 269 g/mol. The molecule has 0 radical (unpaired) electrons. The maximum atomic E-state index is 5.77. The smallest absolute Gasteiger partial charge is 0.149 e. The molecule has 1 aromatic heterocycles. The van der Waals surface area contributed by atoms with Crippen molar-refractivity contribution in [3.8, 4) is 0 Å². The molecule has 0 spiro atoms. The van der Waals surface area contributed by atoms with Gasteiger partial charge in [0.05, 0.1) is 5.69 Å². The first kappa shape index (κ1) is 12.6. The molecule has 104 valence electrons. The summed E-state index contributed by atoms with van der Waals surface area (Å²) >= 11 is 0. The molecular weight excluding hydrogens is 250 g/mol. The van der Waals surface area contributed by atoms with E-state index in [9.17, 15) is 0 Å². The van der Waals surface area contributed by atoms with Gasteiger partial charge in [0.2, 0.25) is 0 Å². The number of hydrogen-bond acceptors (Lipinski definition) is 5. The second-order valence-electron chi connectivity index (χ2n) is 4.95. The Bertz CT molecular complexity index is 576. The minimum absolute atomic E-state index is 0.410. The molecule has 3 rings (SSSR count). The van der Waals surface area contributed by atoms with E-state index in [1.54, 1.807) is 0 Å². The van der Waals surface area contributed by atoms with E-state index in [2.05, 4.69) is 39.0 Å². The van der Waals surface area contributed by atoms with Crippen LogP contribution in [0.15, 0.2) is 42.5 Å². The number of benzene rings is 1. The summed E-state index contributed by atoms with van der Waals surface area (Å²) < 4.78 is 0. The third-order valence-corrected chi connectivity index (χ3v) is 3.67. The van der Waals surface area contributed by atoms with Crippen LogP contribution in [0.4, 0.5) is 23.0 Å². The second-order valence-corrected chi connectivity index (χ2v) is 4.95. The van der Waals surface area contributed by atoms with Gasteiger partial charge in [-0.2, -0.15) is 0 Å². The highest BCUT2D eigenvalue weighted by molar-refractivity contribution is 5.62. The number of anilines is 4. The number of hydrogen-bond donors (Lipinski definition) is 2. The van der Waals surface area contributed by atoms with Gasteiger partial charge < -0.3 is 21.3 Å². The normalized spacial score (nSPS) is 15.4. The Kier molecular flexibility index (Phi) is 3.33. The van der Waals surface area contributed by atoms with Crippen molar-refractivity contribution in [1.82, 2.24) is 4.98 Å². The zero-order valence-corrected chi connectivity index (χ0v) is 11.4. The van der Waals surface area contributed by atoms with Crippen LogP contribution < -0.4 is 21.3 Å². The van der Waals surface area contributed by atoms with Gasteiger partial charge in [-0.3, -0.25) is 0 Å². The quantitative estimate of drug-likeness (QED) is 0.866. The van der Waals surface area contributed by atoms with Crippen molar-refractivity contribution in [2.24, 2.45) is 0 Å². The van der Waals surface area contributed by atoms with E-state index in [0.717, 1.165) is 32.0 Å². The molecule has 0 amide bonds. The SMILES string of the molecule is Nc1ccc(N2CCN(c3ccccc3)CC2)nc1N. The van der Waals surface area contributed by atoms with Gasteiger partial charge in [0, 0.05) is 31.9 Å². The Balaban J connectivity index is 1.68. The molecule has 4 N–H and O–H groups in total. The Morgan fingerprint density at radius 2 is 1.45 bits per heavy atom. The first-order valence-electron chi connectivity index (χ1n) is 6.81. The number of para-hydroxylation sites is 1. The molecule has 5 heteroatoms. The van der Waals surface area contributed by atoms with Crippen molar-refractivity contribution in [3.63, 3.8) is 0 Å². The van der Waals surface area contributed by atoms with Gasteiger partial charge in [0.1, 0.15) is 11.6 Å². The molecule has 1 aliphatic rings. The fourth-order valence-corrected chi connectivity index (χ4v) is 2.48.